The highest BCUT2D eigenvalue weighted by Gasteiger charge is 2.36. The smallest absolute Gasteiger partial charge is 0.333 e. The van der Waals surface area contributed by atoms with Crippen LogP contribution in [0, 0.1) is 17.0 Å². The Kier molecular flexibility index (Phi) is 4.48. The van der Waals surface area contributed by atoms with Gasteiger partial charge >= 0.3 is 5.69 Å². The summed E-state index contributed by atoms with van der Waals surface area (Å²) < 4.78 is 12.6. The van der Waals surface area contributed by atoms with Gasteiger partial charge in [-0.1, -0.05) is 0 Å². The molecule has 21 heavy (non-hydrogen) atoms. The van der Waals surface area contributed by atoms with E-state index in [2.05, 4.69) is 10.4 Å². The molecule has 0 aromatic carbocycles. The molecule has 0 spiro atoms. The standard InChI is InChI=1S/C13H22N4O4/c1-9(2)16-12(11(17(18)19)10(3)15-16)14-7-13(20-4)5-6-21-8-13/h9,14H,5-8H2,1-4H3. The van der Waals surface area contributed by atoms with Gasteiger partial charge in [-0.15, -0.1) is 0 Å². The number of nitro groups is 1. The van der Waals surface area contributed by atoms with Gasteiger partial charge in [-0.2, -0.15) is 5.10 Å². The van der Waals surface area contributed by atoms with Gasteiger partial charge in [0.05, 0.1) is 11.5 Å². The number of aryl methyl sites for hydroxylation is 1. The maximum absolute atomic E-state index is 11.3. The van der Waals surface area contributed by atoms with Gasteiger partial charge in [0.1, 0.15) is 11.3 Å². The Morgan fingerprint density at radius 1 is 1.62 bits per heavy atom. The highest BCUT2D eigenvalue weighted by atomic mass is 16.6. The second kappa shape index (κ2) is 5.98. The van der Waals surface area contributed by atoms with E-state index in [1.165, 1.54) is 0 Å². The Morgan fingerprint density at radius 3 is 2.81 bits per heavy atom. The highest BCUT2D eigenvalue weighted by Crippen LogP contribution is 2.32. The first-order valence-corrected chi connectivity index (χ1v) is 7.00. The number of anilines is 1. The van der Waals surface area contributed by atoms with E-state index < -0.39 is 10.5 Å². The largest absolute Gasteiger partial charge is 0.378 e. The molecular formula is C13H22N4O4. The molecule has 0 bridgehead atoms. The van der Waals surface area contributed by atoms with Crippen LogP contribution in [-0.2, 0) is 9.47 Å². The maximum Gasteiger partial charge on any atom is 0.333 e. The van der Waals surface area contributed by atoms with Crippen molar-refractivity contribution in [3.63, 3.8) is 0 Å². The summed E-state index contributed by atoms with van der Waals surface area (Å²) in [5.41, 5.74) is -0.00683. The van der Waals surface area contributed by atoms with Gasteiger partial charge < -0.3 is 14.8 Å². The van der Waals surface area contributed by atoms with E-state index >= 15 is 0 Å². The van der Waals surface area contributed by atoms with Crippen molar-refractivity contribution in [3.8, 4) is 0 Å². The molecule has 2 heterocycles. The molecule has 0 saturated carbocycles. The van der Waals surface area contributed by atoms with Crippen LogP contribution in [0.2, 0.25) is 0 Å². The van der Waals surface area contributed by atoms with Crippen molar-refractivity contribution in [3.05, 3.63) is 15.8 Å². The van der Waals surface area contributed by atoms with Crippen molar-refractivity contribution in [1.82, 2.24) is 9.78 Å². The molecule has 0 radical (unpaired) electrons. The van der Waals surface area contributed by atoms with E-state index in [1.54, 1.807) is 18.7 Å². The molecule has 2 rings (SSSR count). The molecular weight excluding hydrogens is 276 g/mol. The van der Waals surface area contributed by atoms with Gasteiger partial charge in [-0.25, -0.2) is 4.68 Å². The lowest BCUT2D eigenvalue weighted by Crippen LogP contribution is -2.40. The lowest BCUT2D eigenvalue weighted by atomic mass is 10.0. The van der Waals surface area contributed by atoms with Gasteiger partial charge in [0, 0.05) is 32.7 Å². The van der Waals surface area contributed by atoms with Crippen LogP contribution in [-0.4, -0.2) is 47.2 Å². The average Bonchev–Trinajstić information content (AvgIpc) is 3.01. The number of aromatic nitrogens is 2. The minimum Gasteiger partial charge on any atom is -0.378 e. The van der Waals surface area contributed by atoms with Crippen molar-refractivity contribution in [2.24, 2.45) is 0 Å². The zero-order chi connectivity index (χ0) is 15.6. The van der Waals surface area contributed by atoms with Gasteiger partial charge in [0.15, 0.2) is 0 Å². The van der Waals surface area contributed by atoms with E-state index in [0.29, 0.717) is 31.3 Å². The number of rotatable bonds is 6. The molecule has 1 aliphatic heterocycles. The lowest BCUT2D eigenvalue weighted by molar-refractivity contribution is -0.384. The second-order valence-corrected chi connectivity index (χ2v) is 5.62. The predicted molar refractivity (Wildman–Crippen MR) is 77.7 cm³/mol. The third kappa shape index (κ3) is 3.01. The summed E-state index contributed by atoms with van der Waals surface area (Å²) in [6, 6.07) is 0.0261. The molecule has 1 fully saturated rings. The quantitative estimate of drug-likeness (QED) is 0.637. The monoisotopic (exact) mass is 298 g/mol. The van der Waals surface area contributed by atoms with Crippen molar-refractivity contribution in [2.75, 3.05) is 32.2 Å². The van der Waals surface area contributed by atoms with E-state index in [9.17, 15) is 10.1 Å². The zero-order valence-corrected chi connectivity index (χ0v) is 12.9. The first-order chi connectivity index (χ1) is 9.90. The van der Waals surface area contributed by atoms with Crippen LogP contribution in [0.5, 0.6) is 0 Å². The highest BCUT2D eigenvalue weighted by molar-refractivity contribution is 5.60. The Balaban J connectivity index is 2.27. The fourth-order valence-electron chi connectivity index (χ4n) is 2.50. The van der Waals surface area contributed by atoms with Crippen molar-refractivity contribution in [1.29, 1.82) is 0 Å². The van der Waals surface area contributed by atoms with E-state index in [4.69, 9.17) is 9.47 Å². The number of nitrogens with zero attached hydrogens (tertiary/aromatic N) is 3. The number of ether oxygens (including phenoxy) is 2. The molecule has 1 atom stereocenters. The lowest BCUT2D eigenvalue weighted by Gasteiger charge is -2.26. The van der Waals surface area contributed by atoms with Gasteiger partial charge in [-0.05, 0) is 20.8 Å². The Hall–Kier alpha value is -1.67. The molecule has 1 aromatic rings. The number of nitrogens with one attached hydrogen (secondary N) is 1. The number of hydrogen-bond acceptors (Lipinski definition) is 6. The number of hydrogen-bond donors (Lipinski definition) is 1. The molecule has 0 aliphatic carbocycles. The fourth-order valence-corrected chi connectivity index (χ4v) is 2.50. The van der Waals surface area contributed by atoms with Crippen LogP contribution < -0.4 is 5.32 Å². The normalized spacial score (nSPS) is 22.0. The topological polar surface area (TPSA) is 91.5 Å². The van der Waals surface area contributed by atoms with Crippen LogP contribution in [0.3, 0.4) is 0 Å². The van der Waals surface area contributed by atoms with Crippen LogP contribution in [0.25, 0.3) is 0 Å². The summed E-state index contributed by atoms with van der Waals surface area (Å²) in [5.74, 6) is 0.427. The number of methoxy groups -OCH3 is 1. The summed E-state index contributed by atoms with van der Waals surface area (Å²) in [4.78, 5) is 10.9. The Bertz CT molecular complexity index is 520. The second-order valence-electron chi connectivity index (χ2n) is 5.62. The Labute approximate surface area is 123 Å². The minimum absolute atomic E-state index is 0.0221. The van der Waals surface area contributed by atoms with Crippen LogP contribution in [0.15, 0.2) is 0 Å². The molecule has 118 valence electrons. The Morgan fingerprint density at radius 2 is 2.33 bits per heavy atom. The van der Waals surface area contributed by atoms with Gasteiger partial charge in [-0.3, -0.25) is 10.1 Å². The van der Waals surface area contributed by atoms with E-state index in [0.717, 1.165) is 6.42 Å². The van der Waals surface area contributed by atoms with Crippen molar-refractivity contribution >= 4 is 11.5 Å². The fraction of sp³-hybridized carbons (Fsp3) is 0.769. The molecule has 8 nitrogen and oxygen atoms in total. The molecule has 1 aromatic heterocycles. The van der Waals surface area contributed by atoms with Gasteiger partial charge in [0.2, 0.25) is 5.82 Å². The molecule has 1 saturated heterocycles. The summed E-state index contributed by atoms with van der Waals surface area (Å²) in [7, 11) is 1.63. The van der Waals surface area contributed by atoms with Gasteiger partial charge in [0.25, 0.3) is 0 Å². The third-order valence-corrected chi connectivity index (χ3v) is 3.80. The molecule has 1 aliphatic rings. The minimum atomic E-state index is -0.437. The average molecular weight is 298 g/mol. The predicted octanol–water partition coefficient (Wildman–Crippen LogP) is 1.90. The molecule has 0 amide bonds. The maximum atomic E-state index is 11.3. The summed E-state index contributed by atoms with van der Waals surface area (Å²) in [6.45, 7) is 7.09. The first-order valence-electron chi connectivity index (χ1n) is 7.00. The van der Waals surface area contributed by atoms with Crippen LogP contribution >= 0.6 is 0 Å². The van der Waals surface area contributed by atoms with Crippen molar-refractivity contribution in [2.45, 2.75) is 38.8 Å². The molecule has 1 N–H and O–H groups in total. The van der Waals surface area contributed by atoms with Crippen LogP contribution in [0.1, 0.15) is 32.0 Å². The molecule has 1 unspecified atom stereocenters. The van der Waals surface area contributed by atoms with Crippen LogP contribution in [0.4, 0.5) is 11.5 Å². The van der Waals surface area contributed by atoms with Crippen molar-refractivity contribution < 1.29 is 14.4 Å². The summed E-state index contributed by atoms with van der Waals surface area (Å²) in [6.07, 6.45) is 0.763. The first kappa shape index (κ1) is 15.7. The summed E-state index contributed by atoms with van der Waals surface area (Å²) in [5, 5.41) is 18.7. The third-order valence-electron chi connectivity index (χ3n) is 3.80. The molecule has 8 heteroatoms. The zero-order valence-electron chi connectivity index (χ0n) is 12.9. The van der Waals surface area contributed by atoms with E-state index in [-0.39, 0.29) is 11.7 Å². The summed E-state index contributed by atoms with van der Waals surface area (Å²) >= 11 is 0. The SMILES string of the molecule is COC1(CNc2c([N+](=O)[O-])c(C)nn2C(C)C)CCOC1. The van der Waals surface area contributed by atoms with E-state index in [1.807, 2.05) is 13.8 Å².